The molecule has 0 aliphatic carbocycles. The molecule has 0 unspecified atom stereocenters. The zero-order valence-electron chi connectivity index (χ0n) is 23.8. The van der Waals surface area contributed by atoms with Crippen LogP contribution >= 0.6 is 11.6 Å². The molecule has 0 N–H and O–H groups in total. The summed E-state index contributed by atoms with van der Waals surface area (Å²) >= 11 is 6.22. The number of benzene rings is 3. The van der Waals surface area contributed by atoms with Gasteiger partial charge in [0.25, 0.3) is 5.91 Å². The van der Waals surface area contributed by atoms with Crippen molar-refractivity contribution in [2.45, 2.75) is 12.0 Å². The number of amides is 2. The van der Waals surface area contributed by atoms with Crippen LogP contribution in [0.1, 0.15) is 33.4 Å². The van der Waals surface area contributed by atoms with Crippen molar-refractivity contribution in [3.05, 3.63) is 76.3 Å². The van der Waals surface area contributed by atoms with Gasteiger partial charge < -0.3 is 33.6 Å². The first-order chi connectivity index (χ1) is 19.8. The molecule has 1 fully saturated rings. The van der Waals surface area contributed by atoms with Gasteiger partial charge in [0.15, 0.2) is 23.0 Å². The monoisotopic (exact) mass is 579 g/mol. The molecule has 0 bridgehead atoms. The van der Waals surface area contributed by atoms with Gasteiger partial charge in [-0.25, -0.2) is 0 Å². The highest BCUT2D eigenvalue weighted by molar-refractivity contribution is 6.30. The molecule has 5 rings (SSSR count). The van der Waals surface area contributed by atoms with Crippen molar-refractivity contribution in [2.75, 3.05) is 66.6 Å². The molecule has 1 saturated heterocycles. The van der Waals surface area contributed by atoms with E-state index in [1.807, 2.05) is 41.3 Å². The number of likely N-dealkylation sites (N-methyl/N-ethyl adjacent to an activating group) is 1. The van der Waals surface area contributed by atoms with Crippen LogP contribution in [-0.2, 0) is 4.79 Å². The third kappa shape index (κ3) is 5.22. The van der Waals surface area contributed by atoms with Crippen LogP contribution in [0.25, 0.3) is 0 Å². The second-order valence-corrected chi connectivity index (χ2v) is 10.5. The van der Waals surface area contributed by atoms with Crippen LogP contribution in [0.5, 0.6) is 23.0 Å². The van der Waals surface area contributed by atoms with Crippen molar-refractivity contribution in [2.24, 2.45) is 0 Å². The van der Waals surface area contributed by atoms with Crippen molar-refractivity contribution in [1.82, 2.24) is 9.80 Å². The number of nitrogens with zero attached hydrogens (tertiary/aromatic N) is 3. The minimum Gasteiger partial charge on any atom is -0.493 e. The Morgan fingerprint density at radius 2 is 1.44 bits per heavy atom. The van der Waals surface area contributed by atoms with Crippen LogP contribution in [0.2, 0.25) is 5.02 Å². The average molecular weight is 580 g/mol. The first kappa shape index (κ1) is 28.4. The van der Waals surface area contributed by atoms with E-state index in [0.29, 0.717) is 65.3 Å². The summed E-state index contributed by atoms with van der Waals surface area (Å²) in [5.74, 6) is 0.998. The summed E-state index contributed by atoms with van der Waals surface area (Å²) in [4.78, 5) is 34.0. The van der Waals surface area contributed by atoms with E-state index >= 15 is 0 Å². The molecule has 0 aromatic heterocycles. The third-order valence-electron chi connectivity index (χ3n) is 7.95. The fourth-order valence-corrected chi connectivity index (χ4v) is 6.01. The lowest BCUT2D eigenvalue weighted by Crippen LogP contribution is -2.53. The highest BCUT2D eigenvalue weighted by atomic mass is 35.5. The van der Waals surface area contributed by atoms with Gasteiger partial charge in [-0.3, -0.25) is 9.59 Å². The number of halogens is 1. The van der Waals surface area contributed by atoms with E-state index in [-0.39, 0.29) is 11.8 Å². The van der Waals surface area contributed by atoms with E-state index in [2.05, 4.69) is 4.90 Å². The largest absolute Gasteiger partial charge is 0.493 e. The van der Waals surface area contributed by atoms with Gasteiger partial charge in [0, 0.05) is 49.5 Å². The first-order valence-electron chi connectivity index (χ1n) is 13.4. The smallest absolute Gasteiger partial charge is 0.254 e. The second-order valence-electron chi connectivity index (χ2n) is 10.0. The Kier molecular flexibility index (Phi) is 8.17. The Hall–Kier alpha value is -4.11. The molecular weight excluding hydrogens is 546 g/mol. The molecule has 3 aromatic carbocycles. The molecule has 2 amide bonds. The molecule has 2 aliphatic heterocycles. The zero-order chi connectivity index (χ0) is 29.3. The fraction of sp³-hybridized carbons (Fsp3) is 0.355. The topological polar surface area (TPSA) is 80.8 Å². The number of ether oxygens (including phenoxy) is 4. The average Bonchev–Trinajstić information content (AvgIpc) is 3.01. The summed E-state index contributed by atoms with van der Waals surface area (Å²) in [6.45, 7) is 2.38. The first-order valence-corrected chi connectivity index (χ1v) is 13.7. The van der Waals surface area contributed by atoms with Crippen molar-refractivity contribution in [3.63, 3.8) is 0 Å². The Labute approximate surface area is 245 Å². The van der Waals surface area contributed by atoms with E-state index in [9.17, 15) is 9.59 Å². The van der Waals surface area contributed by atoms with Crippen molar-refractivity contribution >= 4 is 29.1 Å². The maximum Gasteiger partial charge on any atom is 0.254 e. The Balaban J connectivity index is 1.56. The van der Waals surface area contributed by atoms with E-state index in [4.69, 9.17) is 30.5 Å². The lowest BCUT2D eigenvalue weighted by molar-refractivity contribution is -0.134. The molecule has 2 atom stereocenters. The van der Waals surface area contributed by atoms with Crippen molar-refractivity contribution in [1.29, 1.82) is 0 Å². The quantitative estimate of drug-likeness (QED) is 0.404. The van der Waals surface area contributed by atoms with Crippen LogP contribution in [0.3, 0.4) is 0 Å². The Morgan fingerprint density at radius 3 is 2.07 bits per heavy atom. The van der Waals surface area contributed by atoms with E-state index in [1.54, 1.807) is 51.5 Å². The maximum absolute atomic E-state index is 14.5. The molecule has 2 heterocycles. The highest BCUT2D eigenvalue weighted by Gasteiger charge is 2.45. The van der Waals surface area contributed by atoms with E-state index in [0.717, 1.165) is 11.3 Å². The van der Waals surface area contributed by atoms with Crippen molar-refractivity contribution in [3.8, 4) is 23.0 Å². The van der Waals surface area contributed by atoms with Gasteiger partial charge in [-0.05, 0) is 53.6 Å². The maximum atomic E-state index is 14.5. The number of carbonyl (C=O) groups is 2. The minimum absolute atomic E-state index is 0.0663. The van der Waals surface area contributed by atoms with Crippen LogP contribution in [0, 0.1) is 0 Å². The van der Waals surface area contributed by atoms with Crippen LogP contribution in [0.15, 0.2) is 54.6 Å². The van der Waals surface area contributed by atoms with Gasteiger partial charge in [0.1, 0.15) is 0 Å². The number of anilines is 1. The molecule has 3 aromatic rings. The normalized spacial score (nSPS) is 18.6. The summed E-state index contributed by atoms with van der Waals surface area (Å²) in [5, 5.41) is 0.676. The predicted octanol–water partition coefficient (Wildman–Crippen LogP) is 4.63. The molecule has 41 heavy (non-hydrogen) atoms. The van der Waals surface area contributed by atoms with Crippen LogP contribution < -0.4 is 23.8 Å². The molecule has 2 aliphatic rings. The summed E-state index contributed by atoms with van der Waals surface area (Å²) in [5.41, 5.74) is 2.80. The third-order valence-corrected chi connectivity index (χ3v) is 8.19. The van der Waals surface area contributed by atoms with Crippen LogP contribution in [-0.4, -0.2) is 83.3 Å². The second kappa shape index (κ2) is 11.8. The van der Waals surface area contributed by atoms with Crippen molar-refractivity contribution < 1.29 is 28.5 Å². The molecule has 0 spiro atoms. The molecule has 10 heteroatoms. The Bertz CT molecular complexity index is 1460. The molecule has 216 valence electrons. The lowest BCUT2D eigenvalue weighted by atomic mass is 9.78. The number of piperazine rings is 1. The number of hydrogen-bond donors (Lipinski definition) is 0. The minimum atomic E-state index is -0.691. The highest BCUT2D eigenvalue weighted by Crippen LogP contribution is 2.47. The van der Waals surface area contributed by atoms with Gasteiger partial charge in [-0.15, -0.1) is 0 Å². The number of rotatable bonds is 7. The SMILES string of the molecule is COc1ccc([C@H]2[C@@H](C(=O)N3CCN(c4cccc(Cl)c4)CC3)c3cc(OC)c(OC)cc3C(=O)N2C)cc1OC. The summed E-state index contributed by atoms with van der Waals surface area (Å²) in [6.07, 6.45) is 0. The summed E-state index contributed by atoms with van der Waals surface area (Å²) < 4.78 is 22.1. The number of hydrogen-bond acceptors (Lipinski definition) is 7. The van der Waals surface area contributed by atoms with E-state index in [1.165, 1.54) is 7.11 Å². The standard InChI is InChI=1S/C31H34ClN3O6/c1-33-29(19-9-10-24(38-2)25(15-19)39-3)28(22-17-26(40-4)27(41-5)18-23(22)30(33)36)31(37)35-13-11-34(12-14-35)21-8-6-7-20(32)16-21/h6-10,15-18,28-29H,11-14H2,1-5H3/t28-,29-/m0/s1. The molecular formula is C31H34ClN3O6. The lowest BCUT2D eigenvalue weighted by Gasteiger charge is -2.43. The fourth-order valence-electron chi connectivity index (χ4n) is 5.82. The summed E-state index contributed by atoms with van der Waals surface area (Å²) in [7, 11) is 7.92. The predicted molar refractivity (Wildman–Crippen MR) is 157 cm³/mol. The van der Waals surface area contributed by atoms with Crippen LogP contribution in [0.4, 0.5) is 5.69 Å². The molecule has 9 nitrogen and oxygen atoms in total. The molecule has 0 radical (unpaired) electrons. The van der Waals surface area contributed by atoms with Gasteiger partial charge in [-0.2, -0.15) is 0 Å². The van der Waals surface area contributed by atoms with Gasteiger partial charge >= 0.3 is 0 Å². The number of methoxy groups -OCH3 is 4. The Morgan fingerprint density at radius 1 is 0.805 bits per heavy atom. The van der Waals surface area contributed by atoms with Gasteiger partial charge in [0.2, 0.25) is 5.91 Å². The zero-order valence-corrected chi connectivity index (χ0v) is 24.6. The van der Waals surface area contributed by atoms with E-state index < -0.39 is 12.0 Å². The number of carbonyl (C=O) groups excluding carboxylic acids is 2. The number of fused-ring (bicyclic) bond motifs is 1. The van der Waals surface area contributed by atoms with Gasteiger partial charge in [-0.1, -0.05) is 23.7 Å². The molecule has 0 saturated carbocycles. The van der Waals surface area contributed by atoms with Gasteiger partial charge in [0.05, 0.1) is 40.4 Å². The summed E-state index contributed by atoms with van der Waals surface area (Å²) in [6, 6.07) is 16.1.